The molecule has 2 aliphatic carbocycles. The molecular weight excluding hydrogens is 921 g/mol. The van der Waals surface area contributed by atoms with Crippen LogP contribution in [0, 0.1) is 0 Å². The van der Waals surface area contributed by atoms with E-state index in [9.17, 15) is 0 Å². The van der Waals surface area contributed by atoms with Crippen LogP contribution in [0.25, 0.3) is 88.7 Å². The molecule has 0 saturated carbocycles. The molecule has 16 rings (SSSR count). The Bertz CT molecular complexity index is 4480. The topological polar surface area (TPSA) is 19.6 Å². The number of para-hydroxylation sites is 4. The van der Waals surface area contributed by atoms with Gasteiger partial charge in [0.15, 0.2) is 0 Å². The highest BCUT2D eigenvalue weighted by Crippen LogP contribution is 2.64. The number of fused-ring (bicyclic) bond motifs is 21. The number of hydrogen-bond acceptors (Lipinski definition) is 3. The van der Waals surface area contributed by atoms with Crippen molar-refractivity contribution in [3.05, 3.63) is 301 Å². The molecule has 0 bridgehead atoms. The third kappa shape index (κ3) is 6.05. The second kappa shape index (κ2) is 16.5. The van der Waals surface area contributed by atoms with E-state index >= 15 is 0 Å². The minimum absolute atomic E-state index is 0.723. The standard InChI is InChI=1S/C73H46N2O/c1-3-19-47(20-4-1)48-35-37-50(38-36-48)74(51-39-41-55-58-26-11-16-32-67(58)75(49-21-5-2-6-22-49)68-33-17-12-27-59(68)62(55)45-51)52-40-42-57-54-24-8-7-23-53(54)56-25-9-14-30-63(56)73(66(57)46-52)64-31-15-10-28-60(64)71-65(73)43-44-70-72(71)61-29-13-18-34-69(61)76-70/h1-46H. The van der Waals surface area contributed by atoms with Crippen molar-refractivity contribution >= 4 is 56.1 Å². The lowest BCUT2D eigenvalue weighted by Crippen LogP contribution is -2.29. The Morgan fingerprint density at radius 3 is 1.53 bits per heavy atom. The van der Waals surface area contributed by atoms with Gasteiger partial charge in [-0.25, -0.2) is 0 Å². The molecule has 0 amide bonds. The van der Waals surface area contributed by atoms with Crippen LogP contribution < -0.4 is 9.80 Å². The predicted octanol–water partition coefficient (Wildman–Crippen LogP) is 19.9. The molecule has 1 atom stereocenters. The van der Waals surface area contributed by atoms with E-state index < -0.39 is 5.41 Å². The molecule has 2 heterocycles. The molecule has 3 nitrogen and oxygen atoms in total. The van der Waals surface area contributed by atoms with Gasteiger partial charge in [0.2, 0.25) is 0 Å². The fraction of sp³-hybridized carbons (Fsp3) is 0.0137. The molecule has 1 aromatic heterocycles. The van der Waals surface area contributed by atoms with Gasteiger partial charge in [-0.2, -0.15) is 0 Å². The van der Waals surface area contributed by atoms with Gasteiger partial charge in [0, 0.05) is 44.6 Å². The van der Waals surface area contributed by atoms with Gasteiger partial charge in [-0.05, 0) is 151 Å². The summed E-state index contributed by atoms with van der Waals surface area (Å²) in [6.45, 7) is 0. The van der Waals surface area contributed by atoms with Crippen LogP contribution in [0.2, 0.25) is 0 Å². The SMILES string of the molecule is c1ccc(-c2ccc(N(c3ccc4c(c3)-c3ccccc3N(c3ccccc3)c3ccccc3-4)c3ccc4c(c3)C3(c5ccccc5-c5ccccc5-4)c4ccccc4-c4c3ccc3oc5ccccc5c43)cc2)cc1. The van der Waals surface area contributed by atoms with E-state index in [1.165, 1.54) is 89.0 Å². The first kappa shape index (κ1) is 42.5. The van der Waals surface area contributed by atoms with Crippen LogP contribution in [0.15, 0.2) is 283 Å². The Morgan fingerprint density at radius 1 is 0.303 bits per heavy atom. The quantitative estimate of drug-likeness (QED) is 0.171. The van der Waals surface area contributed by atoms with Gasteiger partial charge in [0.05, 0.1) is 16.8 Å². The summed E-state index contributed by atoms with van der Waals surface area (Å²) in [5, 5.41) is 2.29. The molecule has 1 spiro atoms. The summed E-state index contributed by atoms with van der Waals surface area (Å²) in [7, 11) is 0. The third-order valence-electron chi connectivity index (χ3n) is 16.4. The Hall–Kier alpha value is -9.96. The fourth-order valence-electron chi connectivity index (χ4n) is 13.3. The molecule has 0 N–H and O–H groups in total. The van der Waals surface area contributed by atoms with E-state index in [2.05, 4.69) is 289 Å². The van der Waals surface area contributed by atoms with Gasteiger partial charge < -0.3 is 14.2 Å². The van der Waals surface area contributed by atoms with Crippen molar-refractivity contribution < 1.29 is 4.42 Å². The van der Waals surface area contributed by atoms with Crippen LogP contribution in [0.1, 0.15) is 22.3 Å². The molecule has 0 radical (unpaired) electrons. The number of anilines is 6. The molecule has 13 aromatic rings. The molecule has 12 aromatic carbocycles. The number of nitrogens with zero attached hydrogens (tertiary/aromatic N) is 2. The highest BCUT2D eigenvalue weighted by Gasteiger charge is 2.51. The van der Waals surface area contributed by atoms with Crippen LogP contribution >= 0.6 is 0 Å². The molecule has 3 aliphatic rings. The van der Waals surface area contributed by atoms with Crippen molar-refractivity contribution in [1.82, 2.24) is 0 Å². The minimum atomic E-state index is -0.723. The summed E-state index contributed by atoms with van der Waals surface area (Å²) >= 11 is 0. The molecule has 0 fully saturated rings. The zero-order valence-corrected chi connectivity index (χ0v) is 41.4. The van der Waals surface area contributed by atoms with Crippen LogP contribution in [0.5, 0.6) is 0 Å². The summed E-state index contributed by atoms with van der Waals surface area (Å²) in [5.74, 6) is 0. The highest BCUT2D eigenvalue weighted by atomic mass is 16.3. The van der Waals surface area contributed by atoms with Gasteiger partial charge in [-0.1, -0.05) is 206 Å². The molecule has 1 aliphatic heterocycles. The van der Waals surface area contributed by atoms with Gasteiger partial charge in [0.1, 0.15) is 11.2 Å². The van der Waals surface area contributed by atoms with Crippen molar-refractivity contribution in [2.24, 2.45) is 0 Å². The summed E-state index contributed by atoms with van der Waals surface area (Å²) in [5.41, 5.74) is 27.1. The van der Waals surface area contributed by atoms with Gasteiger partial charge in [-0.3, -0.25) is 0 Å². The van der Waals surface area contributed by atoms with Crippen molar-refractivity contribution in [3.8, 4) is 66.8 Å². The average Bonchev–Trinajstić information content (AvgIpc) is 4.18. The number of furan rings is 1. The molecule has 3 heteroatoms. The largest absolute Gasteiger partial charge is 0.456 e. The maximum atomic E-state index is 6.68. The predicted molar refractivity (Wildman–Crippen MR) is 315 cm³/mol. The first-order chi connectivity index (χ1) is 37.7. The van der Waals surface area contributed by atoms with Crippen LogP contribution in [0.4, 0.5) is 34.1 Å². The zero-order valence-electron chi connectivity index (χ0n) is 41.4. The lowest BCUT2D eigenvalue weighted by molar-refractivity contribution is 0.668. The Kier molecular flexibility index (Phi) is 9.25. The molecule has 0 saturated heterocycles. The van der Waals surface area contributed by atoms with E-state index in [-0.39, 0.29) is 0 Å². The van der Waals surface area contributed by atoms with Crippen molar-refractivity contribution in [2.45, 2.75) is 5.41 Å². The van der Waals surface area contributed by atoms with Crippen LogP contribution in [-0.2, 0) is 5.41 Å². The molecular formula is C73H46N2O. The third-order valence-corrected chi connectivity index (χ3v) is 16.4. The van der Waals surface area contributed by atoms with Crippen LogP contribution in [0.3, 0.4) is 0 Å². The first-order valence-electron chi connectivity index (χ1n) is 26.2. The van der Waals surface area contributed by atoms with Gasteiger partial charge >= 0.3 is 0 Å². The Balaban J connectivity index is 0.991. The van der Waals surface area contributed by atoms with E-state index in [0.29, 0.717) is 0 Å². The highest BCUT2D eigenvalue weighted by molar-refractivity contribution is 6.16. The Labute approximate surface area is 441 Å². The second-order valence-electron chi connectivity index (χ2n) is 20.3. The van der Waals surface area contributed by atoms with Gasteiger partial charge in [-0.15, -0.1) is 0 Å². The summed E-state index contributed by atoms with van der Waals surface area (Å²) in [6, 6.07) is 103. The maximum Gasteiger partial charge on any atom is 0.136 e. The average molecular weight is 967 g/mol. The maximum absolute atomic E-state index is 6.68. The summed E-state index contributed by atoms with van der Waals surface area (Å²) in [4.78, 5) is 4.90. The first-order valence-corrected chi connectivity index (χ1v) is 26.2. The number of rotatable bonds is 5. The normalized spacial score (nSPS) is 14.3. The van der Waals surface area contributed by atoms with Crippen molar-refractivity contribution in [1.29, 1.82) is 0 Å². The van der Waals surface area contributed by atoms with Crippen LogP contribution in [-0.4, -0.2) is 0 Å². The monoisotopic (exact) mass is 966 g/mol. The molecule has 1 unspecified atom stereocenters. The fourth-order valence-corrected chi connectivity index (χ4v) is 13.3. The number of benzene rings is 12. The van der Waals surface area contributed by atoms with E-state index in [0.717, 1.165) is 56.1 Å². The molecule has 76 heavy (non-hydrogen) atoms. The van der Waals surface area contributed by atoms with E-state index in [1.54, 1.807) is 0 Å². The van der Waals surface area contributed by atoms with Gasteiger partial charge in [0.25, 0.3) is 0 Å². The Morgan fingerprint density at radius 2 is 0.803 bits per heavy atom. The second-order valence-corrected chi connectivity index (χ2v) is 20.3. The zero-order chi connectivity index (χ0) is 49.9. The van der Waals surface area contributed by atoms with E-state index in [1.807, 2.05) is 0 Å². The molecule has 354 valence electrons. The summed E-state index contributed by atoms with van der Waals surface area (Å²) < 4.78 is 6.68. The van der Waals surface area contributed by atoms with Crippen molar-refractivity contribution in [3.63, 3.8) is 0 Å². The number of hydrogen-bond donors (Lipinski definition) is 0. The lowest BCUT2D eigenvalue weighted by Gasteiger charge is -2.36. The smallest absolute Gasteiger partial charge is 0.136 e. The van der Waals surface area contributed by atoms with Crippen molar-refractivity contribution in [2.75, 3.05) is 9.80 Å². The lowest BCUT2D eigenvalue weighted by atomic mass is 9.65. The summed E-state index contributed by atoms with van der Waals surface area (Å²) in [6.07, 6.45) is 0. The minimum Gasteiger partial charge on any atom is -0.456 e. The van der Waals surface area contributed by atoms with E-state index in [4.69, 9.17) is 4.42 Å².